The molecule has 0 aliphatic carbocycles. The molecule has 0 N–H and O–H groups in total. The van der Waals surface area contributed by atoms with E-state index in [0.717, 1.165) is 12.1 Å². The number of aryl methyl sites for hydroxylation is 2. The molecule has 14 heavy (non-hydrogen) atoms. The Balaban J connectivity index is 2.50. The number of hydrogen-bond acceptors (Lipinski definition) is 1. The Kier molecular flexibility index (Phi) is 2.35. The van der Waals surface area contributed by atoms with Gasteiger partial charge in [0.05, 0.1) is 12.0 Å². The van der Waals surface area contributed by atoms with E-state index in [2.05, 4.69) is 46.9 Å². The number of aromatic nitrogens is 2. The average molecular weight is 186 g/mol. The van der Waals surface area contributed by atoms with Gasteiger partial charge in [0, 0.05) is 11.9 Å². The summed E-state index contributed by atoms with van der Waals surface area (Å²) < 4.78 is 2.08. The fourth-order valence-corrected chi connectivity index (χ4v) is 1.61. The molecule has 2 rings (SSSR count). The van der Waals surface area contributed by atoms with Crippen LogP contribution in [0.3, 0.4) is 0 Å². The van der Waals surface area contributed by atoms with Gasteiger partial charge in [0.25, 0.3) is 0 Å². The zero-order valence-electron chi connectivity index (χ0n) is 8.57. The van der Waals surface area contributed by atoms with Crippen LogP contribution in [-0.2, 0) is 6.42 Å². The van der Waals surface area contributed by atoms with E-state index >= 15 is 0 Å². The number of hydrogen-bond donors (Lipinski definition) is 0. The zero-order chi connectivity index (χ0) is 9.97. The van der Waals surface area contributed by atoms with Crippen LogP contribution < -0.4 is 0 Å². The second-order valence-corrected chi connectivity index (χ2v) is 3.40. The fraction of sp³-hybridized carbons (Fsp3) is 0.250. The third-order valence-electron chi connectivity index (χ3n) is 2.36. The van der Waals surface area contributed by atoms with Gasteiger partial charge in [-0.3, -0.25) is 0 Å². The predicted molar refractivity (Wildman–Crippen MR) is 57.7 cm³/mol. The lowest BCUT2D eigenvalue weighted by atomic mass is 10.1. The van der Waals surface area contributed by atoms with Crippen LogP contribution >= 0.6 is 0 Å². The van der Waals surface area contributed by atoms with E-state index < -0.39 is 0 Å². The summed E-state index contributed by atoms with van der Waals surface area (Å²) in [7, 11) is 0. The molecule has 0 saturated carbocycles. The molecule has 0 aliphatic heterocycles. The van der Waals surface area contributed by atoms with E-state index in [1.54, 1.807) is 0 Å². The summed E-state index contributed by atoms with van der Waals surface area (Å²) in [4.78, 5) is 4.23. The molecule has 0 amide bonds. The zero-order valence-corrected chi connectivity index (χ0v) is 8.57. The SMILES string of the molecule is CCc1ccccc1-n1cnc(C)c1. The van der Waals surface area contributed by atoms with Gasteiger partial charge in [0.2, 0.25) is 0 Å². The van der Waals surface area contributed by atoms with Gasteiger partial charge in [-0.2, -0.15) is 0 Å². The molecular formula is C12H14N2. The molecule has 0 unspecified atom stereocenters. The number of para-hydroxylation sites is 1. The van der Waals surface area contributed by atoms with E-state index in [4.69, 9.17) is 0 Å². The molecule has 0 saturated heterocycles. The second kappa shape index (κ2) is 3.66. The van der Waals surface area contributed by atoms with Crippen molar-refractivity contribution in [1.82, 2.24) is 9.55 Å². The first-order valence-corrected chi connectivity index (χ1v) is 4.90. The molecule has 0 radical (unpaired) electrons. The minimum atomic E-state index is 1.05. The highest BCUT2D eigenvalue weighted by Gasteiger charge is 2.01. The van der Waals surface area contributed by atoms with Crippen LogP contribution in [0.1, 0.15) is 18.2 Å². The molecule has 2 nitrogen and oxygen atoms in total. The first kappa shape index (κ1) is 9.00. The Morgan fingerprint density at radius 2 is 2.07 bits per heavy atom. The summed E-state index contributed by atoms with van der Waals surface area (Å²) in [6, 6.07) is 8.42. The highest BCUT2D eigenvalue weighted by atomic mass is 15.0. The van der Waals surface area contributed by atoms with Crippen molar-refractivity contribution >= 4 is 0 Å². The van der Waals surface area contributed by atoms with Gasteiger partial charge in [-0.25, -0.2) is 4.98 Å². The summed E-state index contributed by atoms with van der Waals surface area (Å²) in [6.45, 7) is 4.17. The predicted octanol–water partition coefficient (Wildman–Crippen LogP) is 2.74. The van der Waals surface area contributed by atoms with Crippen LogP contribution in [0.2, 0.25) is 0 Å². The van der Waals surface area contributed by atoms with E-state index in [1.807, 2.05) is 13.3 Å². The van der Waals surface area contributed by atoms with Crippen molar-refractivity contribution in [2.45, 2.75) is 20.3 Å². The van der Waals surface area contributed by atoms with Crippen LogP contribution in [0, 0.1) is 6.92 Å². The molecule has 2 heteroatoms. The second-order valence-electron chi connectivity index (χ2n) is 3.40. The van der Waals surface area contributed by atoms with Crippen molar-refractivity contribution in [3.8, 4) is 5.69 Å². The molecule has 0 spiro atoms. The Labute approximate surface area is 84.2 Å². The minimum absolute atomic E-state index is 1.05. The monoisotopic (exact) mass is 186 g/mol. The molecule has 0 atom stereocenters. The highest BCUT2D eigenvalue weighted by Crippen LogP contribution is 2.14. The van der Waals surface area contributed by atoms with Crippen LogP contribution in [0.5, 0.6) is 0 Å². The van der Waals surface area contributed by atoms with Gasteiger partial charge in [-0.05, 0) is 25.0 Å². The first-order valence-electron chi connectivity index (χ1n) is 4.90. The number of benzene rings is 1. The van der Waals surface area contributed by atoms with Crippen molar-refractivity contribution < 1.29 is 0 Å². The van der Waals surface area contributed by atoms with Gasteiger partial charge in [-0.15, -0.1) is 0 Å². The van der Waals surface area contributed by atoms with Crippen molar-refractivity contribution in [1.29, 1.82) is 0 Å². The van der Waals surface area contributed by atoms with Crippen molar-refractivity contribution in [3.05, 3.63) is 48.0 Å². The largest absolute Gasteiger partial charge is 0.306 e. The number of rotatable bonds is 2. The van der Waals surface area contributed by atoms with Crippen molar-refractivity contribution in [2.75, 3.05) is 0 Å². The van der Waals surface area contributed by atoms with Crippen molar-refractivity contribution in [2.24, 2.45) is 0 Å². The quantitative estimate of drug-likeness (QED) is 0.705. The minimum Gasteiger partial charge on any atom is -0.306 e. The van der Waals surface area contributed by atoms with E-state index in [-0.39, 0.29) is 0 Å². The third-order valence-corrected chi connectivity index (χ3v) is 2.36. The number of imidazole rings is 1. The summed E-state index contributed by atoms with van der Waals surface area (Å²) >= 11 is 0. The summed E-state index contributed by atoms with van der Waals surface area (Å²) in [5.41, 5.74) is 3.64. The molecule has 1 aromatic heterocycles. The topological polar surface area (TPSA) is 17.8 Å². The van der Waals surface area contributed by atoms with E-state index in [9.17, 15) is 0 Å². The summed E-state index contributed by atoms with van der Waals surface area (Å²) in [5, 5.41) is 0. The lowest BCUT2D eigenvalue weighted by Gasteiger charge is -2.07. The maximum atomic E-state index is 4.23. The molecule has 0 bridgehead atoms. The Morgan fingerprint density at radius 1 is 1.29 bits per heavy atom. The molecule has 72 valence electrons. The average Bonchev–Trinajstić information content (AvgIpc) is 2.65. The van der Waals surface area contributed by atoms with Gasteiger partial charge in [0.1, 0.15) is 0 Å². The van der Waals surface area contributed by atoms with Crippen LogP contribution in [0.4, 0.5) is 0 Å². The molecule has 0 fully saturated rings. The van der Waals surface area contributed by atoms with Crippen LogP contribution in [0.25, 0.3) is 5.69 Å². The first-order chi connectivity index (χ1) is 6.81. The summed E-state index contributed by atoms with van der Waals surface area (Å²) in [5.74, 6) is 0. The molecule has 1 aromatic carbocycles. The molecule has 2 aromatic rings. The normalized spacial score (nSPS) is 10.4. The fourth-order valence-electron chi connectivity index (χ4n) is 1.61. The van der Waals surface area contributed by atoms with E-state index in [0.29, 0.717) is 0 Å². The summed E-state index contributed by atoms with van der Waals surface area (Å²) in [6.07, 6.45) is 4.96. The van der Waals surface area contributed by atoms with Crippen molar-refractivity contribution in [3.63, 3.8) is 0 Å². The highest BCUT2D eigenvalue weighted by molar-refractivity contribution is 5.41. The lowest BCUT2D eigenvalue weighted by Crippen LogP contribution is -1.95. The smallest absolute Gasteiger partial charge is 0.0995 e. The lowest BCUT2D eigenvalue weighted by molar-refractivity contribution is 1.00. The standard InChI is InChI=1S/C12H14N2/c1-3-11-6-4-5-7-12(11)14-8-10(2)13-9-14/h4-9H,3H2,1-2H3. The molecular weight excluding hydrogens is 172 g/mol. The molecule has 0 aliphatic rings. The molecule has 1 heterocycles. The van der Waals surface area contributed by atoms with Gasteiger partial charge < -0.3 is 4.57 Å². The Hall–Kier alpha value is -1.57. The van der Waals surface area contributed by atoms with Gasteiger partial charge >= 0.3 is 0 Å². The van der Waals surface area contributed by atoms with Gasteiger partial charge in [0.15, 0.2) is 0 Å². The maximum absolute atomic E-state index is 4.23. The third kappa shape index (κ3) is 1.55. The van der Waals surface area contributed by atoms with Crippen LogP contribution in [-0.4, -0.2) is 9.55 Å². The Bertz CT molecular complexity index is 429. The van der Waals surface area contributed by atoms with Gasteiger partial charge in [-0.1, -0.05) is 25.1 Å². The maximum Gasteiger partial charge on any atom is 0.0995 e. The van der Waals surface area contributed by atoms with E-state index in [1.165, 1.54) is 11.3 Å². The number of nitrogens with zero attached hydrogens (tertiary/aromatic N) is 2. The van der Waals surface area contributed by atoms with Crippen LogP contribution in [0.15, 0.2) is 36.8 Å². The Morgan fingerprint density at radius 3 is 2.71 bits per heavy atom.